The highest BCUT2D eigenvalue weighted by Crippen LogP contribution is 2.23. The zero-order valence-corrected chi connectivity index (χ0v) is 12.0. The molecule has 1 aromatic rings. The first-order chi connectivity index (χ1) is 9.92. The van der Waals surface area contributed by atoms with Crippen molar-refractivity contribution in [3.05, 3.63) is 41.5 Å². The number of rotatable bonds is 7. The van der Waals surface area contributed by atoms with Crippen LogP contribution in [0.3, 0.4) is 0 Å². The van der Waals surface area contributed by atoms with Crippen molar-refractivity contribution >= 4 is 0 Å². The highest BCUT2D eigenvalue weighted by molar-refractivity contribution is 5.29. The third-order valence-electron chi connectivity index (χ3n) is 3.29. The van der Waals surface area contributed by atoms with E-state index in [9.17, 15) is 13.2 Å². The third-order valence-corrected chi connectivity index (χ3v) is 3.29. The molecule has 0 atom stereocenters. The zero-order chi connectivity index (χ0) is 15.3. The van der Waals surface area contributed by atoms with Crippen molar-refractivity contribution < 1.29 is 17.9 Å². The smallest absolute Gasteiger partial charge is 0.406 e. The van der Waals surface area contributed by atoms with Gasteiger partial charge in [0.25, 0.3) is 0 Å². The second kappa shape index (κ2) is 6.98. The minimum atomic E-state index is -4.63. The molecule has 1 aliphatic rings. The van der Waals surface area contributed by atoms with Gasteiger partial charge >= 0.3 is 6.36 Å². The number of alkyl halides is 3. The highest BCUT2D eigenvalue weighted by atomic mass is 19.4. The lowest BCUT2D eigenvalue weighted by atomic mass is 10.1. The van der Waals surface area contributed by atoms with Gasteiger partial charge in [0.2, 0.25) is 0 Å². The van der Waals surface area contributed by atoms with Crippen LogP contribution in [0.2, 0.25) is 0 Å². The van der Waals surface area contributed by atoms with E-state index in [0.717, 1.165) is 31.0 Å². The molecule has 1 aliphatic carbocycles. The molecular formula is C16H20F3NO. The van der Waals surface area contributed by atoms with E-state index in [4.69, 9.17) is 0 Å². The maximum atomic E-state index is 12.0. The quantitative estimate of drug-likeness (QED) is 0.601. The molecule has 21 heavy (non-hydrogen) atoms. The summed E-state index contributed by atoms with van der Waals surface area (Å²) in [5, 5.41) is 3.44. The first kappa shape index (κ1) is 15.9. The molecule has 0 bridgehead atoms. The summed E-state index contributed by atoms with van der Waals surface area (Å²) < 4.78 is 40.0. The third kappa shape index (κ3) is 6.67. The molecule has 1 aromatic carbocycles. The Morgan fingerprint density at radius 2 is 1.95 bits per heavy atom. The predicted octanol–water partition coefficient (Wildman–Crippen LogP) is 4.22. The standard InChI is InChI=1S/C16H20F3NO/c1-12(3-2-10-20-14-6-7-14)11-13-4-8-15(9-5-13)21-16(17,18)19/h3-5,8-9,14,20H,2,6-7,10-11H2,1H3. The molecule has 0 radical (unpaired) electrons. The molecule has 0 spiro atoms. The summed E-state index contributed by atoms with van der Waals surface area (Å²) in [5.41, 5.74) is 2.20. The Morgan fingerprint density at radius 3 is 2.52 bits per heavy atom. The van der Waals surface area contributed by atoms with Gasteiger partial charge in [-0.1, -0.05) is 23.8 Å². The van der Waals surface area contributed by atoms with Gasteiger partial charge in [0.05, 0.1) is 0 Å². The van der Waals surface area contributed by atoms with Gasteiger partial charge in [-0.15, -0.1) is 13.2 Å². The molecule has 0 unspecified atom stereocenters. The molecule has 1 N–H and O–H groups in total. The fraction of sp³-hybridized carbons (Fsp3) is 0.500. The normalized spacial score (nSPS) is 16.1. The first-order valence-electron chi connectivity index (χ1n) is 7.16. The molecule has 0 aliphatic heterocycles. The van der Waals surface area contributed by atoms with E-state index in [2.05, 4.69) is 16.1 Å². The Labute approximate surface area is 123 Å². The zero-order valence-electron chi connectivity index (χ0n) is 12.0. The average molecular weight is 299 g/mol. The lowest BCUT2D eigenvalue weighted by molar-refractivity contribution is -0.274. The minimum absolute atomic E-state index is 0.179. The fourth-order valence-electron chi connectivity index (χ4n) is 2.10. The maximum Gasteiger partial charge on any atom is 0.573 e. The van der Waals surface area contributed by atoms with Crippen LogP contribution in [0.4, 0.5) is 13.2 Å². The molecule has 0 aromatic heterocycles. The Bertz CT molecular complexity index is 475. The molecule has 0 saturated heterocycles. The van der Waals surface area contributed by atoms with Crippen LogP contribution in [-0.2, 0) is 6.42 Å². The van der Waals surface area contributed by atoms with E-state index in [-0.39, 0.29) is 5.75 Å². The van der Waals surface area contributed by atoms with E-state index in [0.29, 0.717) is 0 Å². The largest absolute Gasteiger partial charge is 0.573 e. The van der Waals surface area contributed by atoms with Crippen LogP contribution in [-0.4, -0.2) is 18.9 Å². The summed E-state index contributed by atoms with van der Waals surface area (Å²) in [4.78, 5) is 0. The van der Waals surface area contributed by atoms with Gasteiger partial charge in [0, 0.05) is 6.04 Å². The summed E-state index contributed by atoms with van der Waals surface area (Å²) in [6, 6.07) is 6.76. The van der Waals surface area contributed by atoms with E-state index < -0.39 is 6.36 Å². The van der Waals surface area contributed by atoms with Crippen LogP contribution in [0, 0.1) is 0 Å². The number of benzene rings is 1. The van der Waals surface area contributed by atoms with Crippen LogP contribution in [0.5, 0.6) is 5.75 Å². The second-order valence-corrected chi connectivity index (χ2v) is 5.44. The van der Waals surface area contributed by atoms with Gasteiger partial charge in [-0.3, -0.25) is 0 Å². The van der Waals surface area contributed by atoms with Crippen LogP contribution in [0.15, 0.2) is 35.9 Å². The predicted molar refractivity (Wildman–Crippen MR) is 76.2 cm³/mol. The first-order valence-corrected chi connectivity index (χ1v) is 7.16. The second-order valence-electron chi connectivity index (χ2n) is 5.44. The minimum Gasteiger partial charge on any atom is -0.406 e. The molecule has 1 fully saturated rings. The lowest BCUT2D eigenvalue weighted by Crippen LogP contribution is -2.17. The van der Waals surface area contributed by atoms with Crippen LogP contribution >= 0.6 is 0 Å². The lowest BCUT2D eigenvalue weighted by Gasteiger charge is -2.09. The van der Waals surface area contributed by atoms with E-state index >= 15 is 0 Å². The van der Waals surface area contributed by atoms with Crippen molar-refractivity contribution in [2.75, 3.05) is 6.54 Å². The Hall–Kier alpha value is -1.49. The Balaban J connectivity index is 1.77. The van der Waals surface area contributed by atoms with Crippen molar-refractivity contribution in [1.82, 2.24) is 5.32 Å². The van der Waals surface area contributed by atoms with Crippen molar-refractivity contribution in [3.8, 4) is 5.75 Å². The number of nitrogens with one attached hydrogen (secondary N) is 1. The molecule has 2 rings (SSSR count). The van der Waals surface area contributed by atoms with Gasteiger partial charge in [-0.25, -0.2) is 0 Å². The van der Waals surface area contributed by atoms with Crippen LogP contribution in [0.1, 0.15) is 31.7 Å². The topological polar surface area (TPSA) is 21.3 Å². The van der Waals surface area contributed by atoms with Crippen molar-refractivity contribution in [2.45, 2.75) is 45.0 Å². The monoisotopic (exact) mass is 299 g/mol. The van der Waals surface area contributed by atoms with Gasteiger partial charge in [0.15, 0.2) is 0 Å². The average Bonchev–Trinajstić information content (AvgIpc) is 3.19. The van der Waals surface area contributed by atoms with Crippen LogP contribution < -0.4 is 10.1 Å². The number of ether oxygens (including phenoxy) is 1. The van der Waals surface area contributed by atoms with Gasteiger partial charge in [0.1, 0.15) is 5.75 Å². The molecule has 2 nitrogen and oxygen atoms in total. The number of halogens is 3. The molecule has 0 heterocycles. The van der Waals surface area contributed by atoms with Gasteiger partial charge < -0.3 is 10.1 Å². The van der Waals surface area contributed by atoms with Gasteiger partial charge in [-0.2, -0.15) is 0 Å². The van der Waals surface area contributed by atoms with Crippen molar-refractivity contribution in [3.63, 3.8) is 0 Å². The fourth-order valence-corrected chi connectivity index (χ4v) is 2.10. The maximum absolute atomic E-state index is 12.0. The number of hydrogen-bond acceptors (Lipinski definition) is 2. The number of allylic oxidation sites excluding steroid dienone is 1. The molecule has 5 heteroatoms. The Morgan fingerprint density at radius 1 is 1.29 bits per heavy atom. The molecule has 1 saturated carbocycles. The summed E-state index contributed by atoms with van der Waals surface area (Å²) in [6.45, 7) is 3.03. The summed E-state index contributed by atoms with van der Waals surface area (Å²) >= 11 is 0. The van der Waals surface area contributed by atoms with E-state index in [1.165, 1.54) is 30.5 Å². The van der Waals surface area contributed by atoms with E-state index in [1.807, 2.05) is 6.92 Å². The van der Waals surface area contributed by atoms with Crippen LogP contribution in [0.25, 0.3) is 0 Å². The molecule has 0 amide bonds. The SMILES string of the molecule is CC(=CCCNC1CC1)Cc1ccc(OC(F)(F)F)cc1. The summed E-state index contributed by atoms with van der Waals surface area (Å²) in [5.74, 6) is -0.179. The van der Waals surface area contributed by atoms with E-state index in [1.54, 1.807) is 12.1 Å². The summed E-state index contributed by atoms with van der Waals surface area (Å²) in [7, 11) is 0. The van der Waals surface area contributed by atoms with Gasteiger partial charge in [-0.05, 0) is 56.8 Å². The Kier molecular flexibility index (Phi) is 5.28. The molecule has 116 valence electrons. The summed E-state index contributed by atoms with van der Waals surface area (Å²) in [6.07, 6.45) is 1.85. The van der Waals surface area contributed by atoms with Crippen molar-refractivity contribution in [2.24, 2.45) is 0 Å². The highest BCUT2D eigenvalue weighted by Gasteiger charge is 2.30. The molecular weight excluding hydrogens is 279 g/mol. The number of hydrogen-bond donors (Lipinski definition) is 1. The van der Waals surface area contributed by atoms with Crippen molar-refractivity contribution in [1.29, 1.82) is 0 Å².